The molecule has 0 spiro atoms. The SMILES string of the molecule is CCCN(CC(=O)Nc1ccccc1C)S(=O)(=O)N1CCCC(C)C1. The van der Waals surface area contributed by atoms with E-state index in [2.05, 4.69) is 12.2 Å². The molecule has 1 unspecified atom stereocenters. The third-order valence-electron chi connectivity index (χ3n) is 4.48. The van der Waals surface area contributed by atoms with Gasteiger partial charge < -0.3 is 5.32 Å². The Morgan fingerprint density at radius 1 is 1.36 bits per heavy atom. The van der Waals surface area contributed by atoms with Crippen molar-refractivity contribution in [3.8, 4) is 0 Å². The van der Waals surface area contributed by atoms with E-state index in [4.69, 9.17) is 0 Å². The van der Waals surface area contributed by atoms with Crippen molar-refractivity contribution in [2.75, 3.05) is 31.5 Å². The van der Waals surface area contributed by atoms with E-state index in [0.29, 0.717) is 37.7 Å². The van der Waals surface area contributed by atoms with Crippen LogP contribution in [-0.4, -0.2) is 49.1 Å². The van der Waals surface area contributed by atoms with Crippen molar-refractivity contribution < 1.29 is 13.2 Å². The summed E-state index contributed by atoms with van der Waals surface area (Å²) in [6.07, 6.45) is 2.59. The third kappa shape index (κ3) is 5.26. The molecule has 1 N–H and O–H groups in total. The quantitative estimate of drug-likeness (QED) is 0.805. The highest BCUT2D eigenvalue weighted by Crippen LogP contribution is 2.21. The van der Waals surface area contributed by atoms with Crippen LogP contribution in [0.3, 0.4) is 0 Å². The summed E-state index contributed by atoms with van der Waals surface area (Å²) in [6.45, 7) is 7.14. The molecule has 1 aliphatic rings. The number of carbonyl (C=O) groups is 1. The summed E-state index contributed by atoms with van der Waals surface area (Å²) in [5.41, 5.74) is 1.67. The zero-order valence-electron chi connectivity index (χ0n) is 15.4. The molecule has 1 atom stereocenters. The molecule has 1 aliphatic heterocycles. The van der Waals surface area contributed by atoms with Crippen molar-refractivity contribution in [2.45, 2.75) is 40.0 Å². The Labute approximate surface area is 151 Å². The molecular weight excluding hydrogens is 338 g/mol. The zero-order valence-corrected chi connectivity index (χ0v) is 16.2. The van der Waals surface area contributed by atoms with E-state index in [-0.39, 0.29) is 12.5 Å². The van der Waals surface area contributed by atoms with Crippen molar-refractivity contribution in [3.63, 3.8) is 0 Å². The smallest absolute Gasteiger partial charge is 0.282 e. The Morgan fingerprint density at radius 2 is 2.08 bits per heavy atom. The van der Waals surface area contributed by atoms with Crippen LogP contribution in [-0.2, 0) is 15.0 Å². The highest BCUT2D eigenvalue weighted by Gasteiger charge is 2.33. The molecule has 2 rings (SSSR count). The van der Waals surface area contributed by atoms with Crippen LogP contribution in [0, 0.1) is 12.8 Å². The van der Waals surface area contributed by atoms with Crippen LogP contribution in [0.5, 0.6) is 0 Å². The molecule has 6 nitrogen and oxygen atoms in total. The Kier molecular flexibility index (Phi) is 6.98. The van der Waals surface area contributed by atoms with Crippen LogP contribution in [0.4, 0.5) is 5.69 Å². The molecule has 1 heterocycles. The first-order valence-electron chi connectivity index (χ1n) is 8.95. The predicted octanol–water partition coefficient (Wildman–Crippen LogP) is 2.62. The van der Waals surface area contributed by atoms with Gasteiger partial charge in [-0.2, -0.15) is 17.0 Å². The monoisotopic (exact) mass is 367 g/mol. The number of aryl methyl sites for hydroxylation is 1. The van der Waals surface area contributed by atoms with Gasteiger partial charge >= 0.3 is 0 Å². The molecule has 7 heteroatoms. The summed E-state index contributed by atoms with van der Waals surface area (Å²) in [5.74, 6) is 0.0455. The lowest BCUT2D eigenvalue weighted by Crippen LogP contribution is -2.49. The van der Waals surface area contributed by atoms with E-state index in [1.54, 1.807) is 0 Å². The second kappa shape index (κ2) is 8.78. The number of carbonyl (C=O) groups excluding carboxylic acids is 1. The number of rotatable bonds is 7. The maximum Gasteiger partial charge on any atom is 0.282 e. The van der Waals surface area contributed by atoms with Crippen LogP contribution in [0.15, 0.2) is 24.3 Å². The molecule has 0 saturated carbocycles. The molecule has 0 radical (unpaired) electrons. The molecule has 1 amide bonds. The fourth-order valence-electron chi connectivity index (χ4n) is 3.11. The van der Waals surface area contributed by atoms with E-state index in [1.807, 2.05) is 38.1 Å². The van der Waals surface area contributed by atoms with Gasteiger partial charge in [0.1, 0.15) is 0 Å². The minimum absolute atomic E-state index is 0.157. The van der Waals surface area contributed by atoms with E-state index >= 15 is 0 Å². The molecule has 25 heavy (non-hydrogen) atoms. The first-order chi connectivity index (χ1) is 11.8. The molecule has 0 aromatic heterocycles. The number of para-hydroxylation sites is 1. The Bertz CT molecular complexity index is 691. The maximum absolute atomic E-state index is 12.9. The highest BCUT2D eigenvalue weighted by molar-refractivity contribution is 7.86. The maximum atomic E-state index is 12.9. The summed E-state index contributed by atoms with van der Waals surface area (Å²) in [4.78, 5) is 12.4. The Morgan fingerprint density at radius 3 is 2.72 bits per heavy atom. The van der Waals surface area contributed by atoms with Gasteiger partial charge in [-0.3, -0.25) is 4.79 Å². The Balaban J connectivity index is 2.09. The van der Waals surface area contributed by atoms with Crippen LogP contribution < -0.4 is 5.32 Å². The first-order valence-corrected chi connectivity index (χ1v) is 10.3. The molecule has 1 saturated heterocycles. The molecule has 1 aromatic rings. The van der Waals surface area contributed by atoms with Crippen LogP contribution >= 0.6 is 0 Å². The number of anilines is 1. The summed E-state index contributed by atoms with van der Waals surface area (Å²) in [6, 6.07) is 7.47. The van der Waals surface area contributed by atoms with Gasteiger partial charge in [-0.1, -0.05) is 32.0 Å². The van der Waals surface area contributed by atoms with Crippen molar-refractivity contribution in [2.24, 2.45) is 5.92 Å². The second-order valence-corrected chi connectivity index (χ2v) is 8.74. The fraction of sp³-hybridized carbons (Fsp3) is 0.611. The van der Waals surface area contributed by atoms with E-state index < -0.39 is 10.2 Å². The highest BCUT2D eigenvalue weighted by atomic mass is 32.2. The number of amides is 1. The average Bonchev–Trinajstić information content (AvgIpc) is 2.56. The number of nitrogens with zero attached hydrogens (tertiary/aromatic N) is 2. The normalized spacial score (nSPS) is 19.1. The van der Waals surface area contributed by atoms with E-state index in [1.165, 1.54) is 8.61 Å². The van der Waals surface area contributed by atoms with Crippen molar-refractivity contribution in [3.05, 3.63) is 29.8 Å². The van der Waals surface area contributed by atoms with Crippen molar-refractivity contribution in [1.29, 1.82) is 0 Å². The lowest BCUT2D eigenvalue weighted by Gasteiger charge is -2.34. The topological polar surface area (TPSA) is 69.7 Å². The van der Waals surface area contributed by atoms with Crippen LogP contribution in [0.2, 0.25) is 0 Å². The Hall–Kier alpha value is -1.44. The summed E-state index contributed by atoms with van der Waals surface area (Å²) in [5, 5.41) is 2.82. The summed E-state index contributed by atoms with van der Waals surface area (Å²) in [7, 11) is -3.61. The minimum atomic E-state index is -3.61. The second-order valence-electron chi connectivity index (χ2n) is 6.81. The lowest BCUT2D eigenvalue weighted by molar-refractivity contribution is -0.116. The molecular formula is C18H29N3O3S. The zero-order chi connectivity index (χ0) is 18.4. The largest absolute Gasteiger partial charge is 0.325 e. The minimum Gasteiger partial charge on any atom is -0.325 e. The number of piperidine rings is 1. The van der Waals surface area contributed by atoms with Gasteiger partial charge in [0, 0.05) is 25.3 Å². The van der Waals surface area contributed by atoms with Gasteiger partial charge in [0.05, 0.1) is 6.54 Å². The van der Waals surface area contributed by atoms with Crippen molar-refractivity contribution in [1.82, 2.24) is 8.61 Å². The third-order valence-corrected chi connectivity index (χ3v) is 6.43. The van der Waals surface area contributed by atoms with Gasteiger partial charge in [0.2, 0.25) is 5.91 Å². The van der Waals surface area contributed by atoms with Gasteiger partial charge in [-0.15, -0.1) is 0 Å². The average molecular weight is 368 g/mol. The molecule has 1 fully saturated rings. The summed E-state index contributed by atoms with van der Waals surface area (Å²) >= 11 is 0. The van der Waals surface area contributed by atoms with Crippen LogP contribution in [0.1, 0.15) is 38.7 Å². The standard InChI is InChI=1S/C18H29N3O3S/c1-4-11-20(25(23,24)21-12-7-8-15(2)13-21)14-18(22)19-17-10-6-5-9-16(17)3/h5-6,9-10,15H,4,7-8,11-14H2,1-3H3,(H,19,22). The molecule has 140 valence electrons. The van der Waals surface area contributed by atoms with Crippen LogP contribution in [0.25, 0.3) is 0 Å². The fourth-order valence-corrected chi connectivity index (χ4v) is 4.93. The first kappa shape index (κ1) is 19.9. The molecule has 0 aliphatic carbocycles. The van der Waals surface area contributed by atoms with Gasteiger partial charge in [0.25, 0.3) is 10.2 Å². The predicted molar refractivity (Wildman–Crippen MR) is 101 cm³/mol. The van der Waals surface area contributed by atoms with Gasteiger partial charge in [-0.25, -0.2) is 0 Å². The summed E-state index contributed by atoms with van der Waals surface area (Å²) < 4.78 is 28.7. The molecule has 0 bridgehead atoms. The number of hydrogen-bond acceptors (Lipinski definition) is 3. The van der Waals surface area contributed by atoms with E-state index in [9.17, 15) is 13.2 Å². The number of benzene rings is 1. The van der Waals surface area contributed by atoms with Crippen molar-refractivity contribution >= 4 is 21.8 Å². The number of nitrogens with one attached hydrogen (secondary N) is 1. The molecule has 1 aromatic carbocycles. The number of hydrogen-bond donors (Lipinski definition) is 1. The van der Waals surface area contributed by atoms with Gasteiger partial charge in [0.15, 0.2) is 0 Å². The van der Waals surface area contributed by atoms with Gasteiger partial charge in [-0.05, 0) is 43.7 Å². The lowest BCUT2D eigenvalue weighted by atomic mass is 10.0. The van der Waals surface area contributed by atoms with E-state index in [0.717, 1.165) is 18.4 Å².